The number of benzene rings is 2. The van der Waals surface area contributed by atoms with E-state index in [0.717, 1.165) is 30.4 Å². The van der Waals surface area contributed by atoms with Gasteiger partial charge < -0.3 is 9.14 Å². The highest BCUT2D eigenvalue weighted by Crippen LogP contribution is 2.43. The number of nitrogens with zero attached hydrogens (tertiary/aromatic N) is 3. The van der Waals surface area contributed by atoms with Crippen molar-refractivity contribution < 1.29 is 8.81 Å². The Bertz CT molecular complexity index is 1280. The van der Waals surface area contributed by atoms with Crippen LogP contribution < -0.4 is 10.5 Å². The lowest BCUT2D eigenvalue weighted by molar-refractivity contribution is 0.356. The quantitative estimate of drug-likeness (QED) is 0.429. The molecule has 4 aromatic rings. The predicted octanol–water partition coefficient (Wildman–Crippen LogP) is 5.37. The molecule has 9 heteroatoms. The number of hydrogen-bond donors (Lipinski definition) is 1. The molecule has 1 unspecified atom stereocenters. The first-order valence-corrected chi connectivity index (χ1v) is 11.2. The van der Waals surface area contributed by atoms with Crippen LogP contribution in [0.2, 0.25) is 0 Å². The van der Waals surface area contributed by atoms with Crippen LogP contribution in [0.15, 0.2) is 56.8 Å². The predicted molar refractivity (Wildman–Crippen MR) is 117 cm³/mol. The van der Waals surface area contributed by atoms with E-state index in [4.69, 9.17) is 4.42 Å². The molecule has 0 aliphatic heterocycles. The third-order valence-corrected chi connectivity index (χ3v) is 7.22. The third-order valence-electron chi connectivity index (χ3n) is 5.68. The molecule has 2 aromatic heterocycles. The van der Waals surface area contributed by atoms with Crippen LogP contribution in [0, 0.1) is 5.82 Å². The van der Waals surface area contributed by atoms with E-state index in [1.165, 1.54) is 29.5 Å². The van der Waals surface area contributed by atoms with Gasteiger partial charge in [0.15, 0.2) is 5.58 Å². The Morgan fingerprint density at radius 3 is 2.97 bits per heavy atom. The van der Waals surface area contributed by atoms with Gasteiger partial charge in [0.25, 0.3) is 0 Å². The molecule has 1 aliphatic rings. The minimum Gasteiger partial charge on any atom is -0.408 e. The second-order valence-electron chi connectivity index (χ2n) is 7.96. The van der Waals surface area contributed by atoms with Crippen LogP contribution in [-0.4, -0.2) is 13.9 Å². The maximum Gasteiger partial charge on any atom is 0.420 e. The monoisotopic (exact) mass is 442 g/mol. The number of aromatic nitrogens is 3. The summed E-state index contributed by atoms with van der Waals surface area (Å²) >= 11 is 2.25. The summed E-state index contributed by atoms with van der Waals surface area (Å²) in [6, 6.07) is 10.9. The second-order valence-corrected chi connectivity index (χ2v) is 9.59. The molecule has 30 heavy (non-hydrogen) atoms. The van der Waals surface area contributed by atoms with Crippen molar-refractivity contribution in [3.05, 3.63) is 70.2 Å². The summed E-state index contributed by atoms with van der Waals surface area (Å²) in [4.78, 5) is 17.1. The highest BCUT2D eigenvalue weighted by atomic mass is 32.2. The van der Waals surface area contributed by atoms with Crippen molar-refractivity contribution in [1.29, 1.82) is 0 Å². The van der Waals surface area contributed by atoms with Crippen molar-refractivity contribution in [2.75, 3.05) is 4.72 Å². The molecule has 5 rings (SSSR count). The summed E-state index contributed by atoms with van der Waals surface area (Å²) in [5.41, 5.74) is 3.18. The van der Waals surface area contributed by atoms with Crippen LogP contribution in [0.3, 0.4) is 0 Å². The molecule has 0 saturated heterocycles. The van der Waals surface area contributed by atoms with E-state index in [-0.39, 0.29) is 11.5 Å². The van der Waals surface area contributed by atoms with Gasteiger partial charge in [-0.3, -0.25) is 4.57 Å². The van der Waals surface area contributed by atoms with Gasteiger partial charge in [-0.05, 0) is 41.3 Å². The molecule has 0 saturated carbocycles. The topological polar surface area (TPSA) is 73.0 Å². The molecule has 0 bridgehead atoms. The zero-order valence-corrected chi connectivity index (χ0v) is 18.0. The molecular formula is C21H19FN4O2S2. The van der Waals surface area contributed by atoms with Crippen molar-refractivity contribution in [3.8, 4) is 0 Å². The standard InChI is InChI=1S/C21H19FN4O2S2/c1-21(2)8-7-15(12-5-3-4-6-13(12)21)26-16-9-14(22)18(10-17(16)28-20(26)27)29-25-19-23-11-24-30-19/h3-6,9-11,15H,7-8H2,1-2H3,(H,23,24,25). The second kappa shape index (κ2) is 7.24. The molecule has 0 fully saturated rings. The lowest BCUT2D eigenvalue weighted by Gasteiger charge is -2.37. The molecule has 0 amide bonds. The number of fused-ring (bicyclic) bond motifs is 2. The zero-order chi connectivity index (χ0) is 20.9. The molecule has 1 atom stereocenters. The number of halogens is 1. The molecule has 154 valence electrons. The highest BCUT2D eigenvalue weighted by Gasteiger charge is 2.35. The van der Waals surface area contributed by atoms with E-state index in [1.807, 2.05) is 12.1 Å². The average molecular weight is 443 g/mol. The zero-order valence-electron chi connectivity index (χ0n) is 16.4. The Morgan fingerprint density at radius 2 is 2.17 bits per heavy atom. The Labute approximate surface area is 180 Å². The van der Waals surface area contributed by atoms with E-state index in [2.05, 4.69) is 40.1 Å². The first kappa shape index (κ1) is 19.3. The van der Waals surface area contributed by atoms with E-state index in [1.54, 1.807) is 10.6 Å². The maximum absolute atomic E-state index is 14.9. The van der Waals surface area contributed by atoms with Gasteiger partial charge in [-0.2, -0.15) is 4.37 Å². The lowest BCUT2D eigenvalue weighted by atomic mass is 9.71. The number of rotatable bonds is 4. The number of hydrogen-bond acceptors (Lipinski definition) is 7. The lowest BCUT2D eigenvalue weighted by Crippen LogP contribution is -2.32. The number of anilines is 1. The molecular weight excluding hydrogens is 423 g/mol. The van der Waals surface area contributed by atoms with Crippen molar-refractivity contribution in [1.82, 2.24) is 13.9 Å². The molecule has 1 aliphatic carbocycles. The summed E-state index contributed by atoms with van der Waals surface area (Å²) in [5.74, 6) is -0.897. The molecule has 6 nitrogen and oxygen atoms in total. The summed E-state index contributed by atoms with van der Waals surface area (Å²) in [6.45, 7) is 4.43. The summed E-state index contributed by atoms with van der Waals surface area (Å²) in [5, 5.41) is 0.569. The maximum atomic E-state index is 14.9. The third kappa shape index (κ3) is 3.22. The van der Waals surface area contributed by atoms with Crippen LogP contribution in [0.25, 0.3) is 11.1 Å². The highest BCUT2D eigenvalue weighted by molar-refractivity contribution is 8.00. The smallest absolute Gasteiger partial charge is 0.408 e. The first-order chi connectivity index (χ1) is 14.4. The molecule has 1 N–H and O–H groups in total. The van der Waals surface area contributed by atoms with E-state index in [0.29, 0.717) is 21.1 Å². The molecule has 2 heterocycles. The fraction of sp³-hybridized carbons (Fsp3) is 0.286. The summed E-state index contributed by atoms with van der Waals surface area (Å²) in [7, 11) is 0. The van der Waals surface area contributed by atoms with Crippen LogP contribution >= 0.6 is 23.5 Å². The van der Waals surface area contributed by atoms with Crippen LogP contribution in [-0.2, 0) is 5.41 Å². The largest absolute Gasteiger partial charge is 0.420 e. The fourth-order valence-electron chi connectivity index (χ4n) is 4.19. The van der Waals surface area contributed by atoms with Crippen molar-refractivity contribution >= 4 is 39.7 Å². The van der Waals surface area contributed by atoms with Gasteiger partial charge in [0, 0.05) is 23.7 Å². The molecule has 2 aromatic carbocycles. The average Bonchev–Trinajstić information content (AvgIpc) is 3.34. The van der Waals surface area contributed by atoms with Gasteiger partial charge in [-0.15, -0.1) is 0 Å². The minimum absolute atomic E-state index is 0.0294. The Morgan fingerprint density at radius 1 is 1.33 bits per heavy atom. The van der Waals surface area contributed by atoms with Gasteiger partial charge in [0.1, 0.15) is 12.1 Å². The Hall–Kier alpha value is -2.65. The number of nitrogens with one attached hydrogen (secondary N) is 1. The van der Waals surface area contributed by atoms with Crippen molar-refractivity contribution in [3.63, 3.8) is 0 Å². The summed E-state index contributed by atoms with van der Waals surface area (Å²) < 4.78 is 28.8. The van der Waals surface area contributed by atoms with Crippen molar-refractivity contribution in [2.45, 2.75) is 43.0 Å². The van der Waals surface area contributed by atoms with Crippen molar-refractivity contribution in [2.24, 2.45) is 0 Å². The number of oxazole rings is 1. The van der Waals surface area contributed by atoms with Gasteiger partial charge in [0.2, 0.25) is 5.13 Å². The van der Waals surface area contributed by atoms with Gasteiger partial charge in [-0.25, -0.2) is 14.2 Å². The SMILES string of the molecule is CC1(C)CCC(n2c(=O)oc3cc(SNc4ncns4)c(F)cc32)c2ccccc21. The van der Waals surface area contributed by atoms with E-state index >= 15 is 0 Å². The normalized spacial score (nSPS) is 17.8. The Balaban J connectivity index is 1.57. The van der Waals surface area contributed by atoms with Crippen LogP contribution in [0.1, 0.15) is 43.9 Å². The fourth-order valence-corrected chi connectivity index (χ4v) is 5.32. The van der Waals surface area contributed by atoms with Gasteiger partial charge in [0.05, 0.1) is 16.5 Å². The van der Waals surface area contributed by atoms with Crippen LogP contribution in [0.5, 0.6) is 0 Å². The minimum atomic E-state index is -0.469. The molecule has 0 spiro atoms. The van der Waals surface area contributed by atoms with E-state index in [9.17, 15) is 9.18 Å². The van der Waals surface area contributed by atoms with Crippen LogP contribution in [0.4, 0.5) is 9.52 Å². The van der Waals surface area contributed by atoms with E-state index < -0.39 is 11.6 Å². The van der Waals surface area contributed by atoms with Gasteiger partial charge in [-0.1, -0.05) is 38.1 Å². The molecule has 0 radical (unpaired) electrons. The first-order valence-electron chi connectivity index (χ1n) is 9.57. The summed E-state index contributed by atoms with van der Waals surface area (Å²) in [6.07, 6.45) is 3.14. The van der Waals surface area contributed by atoms with Gasteiger partial charge >= 0.3 is 5.76 Å². The Kier molecular flexibility index (Phi) is 4.67.